The van der Waals surface area contributed by atoms with Crippen molar-refractivity contribution in [3.63, 3.8) is 0 Å². The number of pyridine rings is 1. The van der Waals surface area contributed by atoms with Gasteiger partial charge in [-0.1, -0.05) is 24.3 Å². The van der Waals surface area contributed by atoms with Gasteiger partial charge in [-0.05, 0) is 18.2 Å². The van der Waals surface area contributed by atoms with E-state index in [4.69, 9.17) is 9.84 Å². The van der Waals surface area contributed by atoms with Gasteiger partial charge in [-0.15, -0.1) is 0 Å². The first-order chi connectivity index (χ1) is 10.8. The highest BCUT2D eigenvalue weighted by atomic mass is 16.5. The van der Waals surface area contributed by atoms with Crippen LogP contribution in [0.2, 0.25) is 0 Å². The van der Waals surface area contributed by atoms with Crippen molar-refractivity contribution in [2.75, 3.05) is 11.9 Å². The molecule has 114 valence electrons. The molecule has 2 amide bonds. The molecular weight excluding hydrogens is 282 g/mol. The molecule has 0 fully saturated rings. The molecule has 6 heteroatoms. The van der Waals surface area contributed by atoms with Crippen LogP contribution in [0.4, 0.5) is 10.6 Å². The van der Waals surface area contributed by atoms with Crippen molar-refractivity contribution in [2.24, 2.45) is 0 Å². The zero-order valence-electron chi connectivity index (χ0n) is 12.0. The highest BCUT2D eigenvalue weighted by molar-refractivity contribution is 5.88. The van der Waals surface area contributed by atoms with Crippen molar-refractivity contribution in [3.8, 4) is 5.75 Å². The summed E-state index contributed by atoms with van der Waals surface area (Å²) < 4.78 is 5.57. The first kappa shape index (κ1) is 14.3. The third-order valence-electron chi connectivity index (χ3n) is 3.47. The normalized spacial score (nSPS) is 16.3. The Labute approximate surface area is 128 Å². The van der Waals surface area contributed by atoms with Gasteiger partial charge in [0.15, 0.2) is 0 Å². The fourth-order valence-corrected chi connectivity index (χ4v) is 2.44. The highest BCUT2D eigenvalue weighted by Gasteiger charge is 2.22. The summed E-state index contributed by atoms with van der Waals surface area (Å²) in [5.41, 5.74) is 1.48. The third-order valence-corrected chi connectivity index (χ3v) is 3.47. The molecular formula is C16H17N3O3. The summed E-state index contributed by atoms with van der Waals surface area (Å²) in [7, 11) is 0. The number of rotatable bonds is 3. The minimum Gasteiger partial charge on any atom is -0.493 e. The fraction of sp³-hybridized carbons (Fsp3) is 0.250. The lowest BCUT2D eigenvalue weighted by atomic mass is 10.0. The van der Waals surface area contributed by atoms with Gasteiger partial charge in [0.1, 0.15) is 11.6 Å². The number of urea groups is 1. The van der Waals surface area contributed by atoms with Gasteiger partial charge in [0.2, 0.25) is 0 Å². The minimum atomic E-state index is -0.329. The number of anilines is 1. The maximum Gasteiger partial charge on any atom is 0.320 e. The summed E-state index contributed by atoms with van der Waals surface area (Å²) in [6.07, 6.45) is 0.717. The first-order valence-electron chi connectivity index (χ1n) is 7.12. The standard InChI is InChI=1S/C16H17N3O3/c20-10-11-4-3-7-15(17-11)19-16(21)18-13-8-9-22-14-6-2-1-5-12(13)14/h1-7,13,20H,8-10H2,(H2,17,18,19,21)/t13-/m0/s1. The lowest BCUT2D eigenvalue weighted by Crippen LogP contribution is -2.35. The summed E-state index contributed by atoms with van der Waals surface area (Å²) in [4.78, 5) is 16.2. The molecule has 0 bridgehead atoms. The van der Waals surface area contributed by atoms with Gasteiger partial charge in [0, 0.05) is 12.0 Å². The number of fused-ring (bicyclic) bond motifs is 1. The van der Waals surface area contributed by atoms with E-state index in [1.807, 2.05) is 24.3 Å². The largest absolute Gasteiger partial charge is 0.493 e. The number of para-hydroxylation sites is 1. The molecule has 2 aromatic rings. The molecule has 1 atom stereocenters. The minimum absolute atomic E-state index is 0.0917. The van der Waals surface area contributed by atoms with E-state index < -0.39 is 0 Å². The third kappa shape index (κ3) is 3.17. The molecule has 2 heterocycles. The van der Waals surface area contributed by atoms with E-state index in [0.29, 0.717) is 24.5 Å². The fourth-order valence-electron chi connectivity index (χ4n) is 2.44. The molecule has 0 aliphatic carbocycles. The Morgan fingerprint density at radius 3 is 3.00 bits per heavy atom. The number of ether oxygens (including phenoxy) is 1. The average Bonchev–Trinajstić information content (AvgIpc) is 2.55. The van der Waals surface area contributed by atoms with Crippen LogP contribution in [0.1, 0.15) is 23.7 Å². The Morgan fingerprint density at radius 2 is 2.14 bits per heavy atom. The Kier molecular flexibility index (Phi) is 4.20. The van der Waals surface area contributed by atoms with Crippen molar-refractivity contribution >= 4 is 11.8 Å². The SMILES string of the molecule is O=C(Nc1cccc(CO)n1)N[C@H]1CCOc2ccccc21. The molecule has 1 aromatic carbocycles. The van der Waals surface area contributed by atoms with Gasteiger partial charge in [-0.3, -0.25) is 5.32 Å². The highest BCUT2D eigenvalue weighted by Crippen LogP contribution is 2.31. The van der Waals surface area contributed by atoms with Gasteiger partial charge in [-0.25, -0.2) is 9.78 Å². The van der Waals surface area contributed by atoms with Gasteiger partial charge >= 0.3 is 6.03 Å². The Balaban J connectivity index is 1.67. The maximum atomic E-state index is 12.1. The second kappa shape index (κ2) is 6.44. The number of aliphatic hydroxyl groups is 1. The molecule has 0 saturated carbocycles. The number of amides is 2. The Morgan fingerprint density at radius 1 is 1.27 bits per heavy atom. The van der Waals surface area contributed by atoms with Crippen molar-refractivity contribution in [1.29, 1.82) is 0 Å². The molecule has 0 radical (unpaired) electrons. The molecule has 3 rings (SSSR count). The van der Waals surface area contributed by atoms with E-state index in [-0.39, 0.29) is 18.7 Å². The number of carbonyl (C=O) groups excluding carboxylic acids is 1. The number of benzene rings is 1. The van der Waals surface area contributed by atoms with Crippen LogP contribution in [-0.4, -0.2) is 22.7 Å². The number of aliphatic hydroxyl groups excluding tert-OH is 1. The summed E-state index contributed by atoms with van der Waals surface area (Å²) >= 11 is 0. The predicted molar refractivity (Wildman–Crippen MR) is 81.6 cm³/mol. The number of nitrogens with one attached hydrogen (secondary N) is 2. The van der Waals surface area contributed by atoms with E-state index in [0.717, 1.165) is 11.3 Å². The van der Waals surface area contributed by atoms with Gasteiger partial charge in [-0.2, -0.15) is 0 Å². The molecule has 6 nitrogen and oxygen atoms in total. The van der Waals surface area contributed by atoms with E-state index in [1.165, 1.54) is 0 Å². The summed E-state index contributed by atoms with van der Waals surface area (Å²) in [6, 6.07) is 12.4. The molecule has 22 heavy (non-hydrogen) atoms. The first-order valence-corrected chi connectivity index (χ1v) is 7.12. The molecule has 1 aromatic heterocycles. The molecule has 3 N–H and O–H groups in total. The van der Waals surface area contributed by atoms with Gasteiger partial charge in [0.25, 0.3) is 0 Å². The number of aromatic nitrogens is 1. The van der Waals surface area contributed by atoms with Crippen LogP contribution in [0, 0.1) is 0 Å². The van der Waals surface area contributed by atoms with E-state index in [9.17, 15) is 4.79 Å². The van der Waals surface area contributed by atoms with Crippen LogP contribution in [0.25, 0.3) is 0 Å². The summed E-state index contributed by atoms with van der Waals surface area (Å²) in [5, 5.41) is 14.7. The molecule has 1 aliphatic heterocycles. The topological polar surface area (TPSA) is 83.5 Å². The van der Waals surface area contributed by atoms with E-state index in [2.05, 4.69) is 15.6 Å². The van der Waals surface area contributed by atoms with Crippen molar-refractivity contribution in [2.45, 2.75) is 19.1 Å². The van der Waals surface area contributed by atoms with Gasteiger partial charge < -0.3 is 15.2 Å². The Bertz CT molecular complexity index is 675. The van der Waals surface area contributed by atoms with Crippen molar-refractivity contribution in [1.82, 2.24) is 10.3 Å². The predicted octanol–water partition coefficient (Wildman–Crippen LogP) is 2.22. The lowest BCUT2D eigenvalue weighted by molar-refractivity contribution is 0.232. The van der Waals surface area contributed by atoms with Crippen molar-refractivity contribution in [3.05, 3.63) is 53.7 Å². The van der Waals surface area contributed by atoms with Crippen LogP contribution in [0.3, 0.4) is 0 Å². The van der Waals surface area contributed by atoms with E-state index >= 15 is 0 Å². The molecule has 1 aliphatic rings. The number of hydrogen-bond donors (Lipinski definition) is 3. The van der Waals surface area contributed by atoms with Crippen LogP contribution in [-0.2, 0) is 6.61 Å². The van der Waals surface area contributed by atoms with E-state index in [1.54, 1.807) is 18.2 Å². The average molecular weight is 299 g/mol. The zero-order chi connectivity index (χ0) is 15.4. The molecule has 0 spiro atoms. The summed E-state index contributed by atoms with van der Waals surface area (Å²) in [6.45, 7) is 0.407. The van der Waals surface area contributed by atoms with Crippen LogP contribution < -0.4 is 15.4 Å². The number of nitrogens with zero attached hydrogens (tertiary/aromatic N) is 1. The number of carbonyl (C=O) groups is 1. The van der Waals surface area contributed by atoms with Crippen LogP contribution >= 0.6 is 0 Å². The van der Waals surface area contributed by atoms with Crippen LogP contribution in [0.5, 0.6) is 5.75 Å². The Hall–Kier alpha value is -2.60. The smallest absolute Gasteiger partial charge is 0.320 e. The van der Waals surface area contributed by atoms with Crippen molar-refractivity contribution < 1.29 is 14.6 Å². The molecule has 0 saturated heterocycles. The maximum absolute atomic E-state index is 12.1. The quantitative estimate of drug-likeness (QED) is 0.811. The number of hydrogen-bond acceptors (Lipinski definition) is 4. The zero-order valence-corrected chi connectivity index (χ0v) is 12.0. The lowest BCUT2D eigenvalue weighted by Gasteiger charge is -2.26. The van der Waals surface area contributed by atoms with Gasteiger partial charge in [0.05, 0.1) is 24.9 Å². The second-order valence-electron chi connectivity index (χ2n) is 5.00. The second-order valence-corrected chi connectivity index (χ2v) is 5.00. The monoisotopic (exact) mass is 299 g/mol. The molecule has 0 unspecified atom stereocenters. The summed E-state index contributed by atoms with van der Waals surface area (Å²) in [5.74, 6) is 1.21. The van der Waals surface area contributed by atoms with Crippen LogP contribution in [0.15, 0.2) is 42.5 Å².